The largest absolute Gasteiger partial charge is 0.489 e. The van der Waals surface area contributed by atoms with Crippen molar-refractivity contribution >= 4 is 28.2 Å². The lowest BCUT2D eigenvalue weighted by Crippen LogP contribution is -2.16. The van der Waals surface area contributed by atoms with Crippen LogP contribution in [0.4, 0.5) is 5.00 Å². The predicted molar refractivity (Wildman–Crippen MR) is 110 cm³/mol. The zero-order valence-electron chi connectivity index (χ0n) is 16.9. The van der Waals surface area contributed by atoms with Gasteiger partial charge in [0.05, 0.1) is 18.2 Å². The van der Waals surface area contributed by atoms with Crippen LogP contribution in [0.2, 0.25) is 0 Å². The van der Waals surface area contributed by atoms with Crippen LogP contribution in [0.25, 0.3) is 0 Å². The van der Waals surface area contributed by atoms with Crippen LogP contribution in [0.15, 0.2) is 28.8 Å². The first-order valence-corrected chi connectivity index (χ1v) is 9.76. The molecule has 0 aliphatic heterocycles. The van der Waals surface area contributed by atoms with Crippen molar-refractivity contribution in [3.63, 3.8) is 0 Å². The van der Waals surface area contributed by atoms with Crippen LogP contribution in [0.5, 0.6) is 5.75 Å². The summed E-state index contributed by atoms with van der Waals surface area (Å²) in [6.45, 7) is 7.68. The summed E-state index contributed by atoms with van der Waals surface area (Å²) in [5.74, 6) is 0.207. The average Bonchev–Trinajstić information content (AvgIpc) is 3.20. The second-order valence-corrected chi connectivity index (χ2v) is 7.98. The van der Waals surface area contributed by atoms with E-state index in [-0.39, 0.29) is 12.3 Å². The van der Waals surface area contributed by atoms with Gasteiger partial charge in [0, 0.05) is 4.88 Å². The number of amides is 1. The van der Waals surface area contributed by atoms with Crippen molar-refractivity contribution < 1.29 is 23.6 Å². The first kappa shape index (κ1) is 20.6. The number of ether oxygens (including phenoxy) is 2. The Morgan fingerprint density at radius 3 is 2.45 bits per heavy atom. The fourth-order valence-electron chi connectivity index (χ4n) is 2.94. The molecule has 7 nitrogen and oxygen atoms in total. The molecule has 0 fully saturated rings. The lowest BCUT2D eigenvalue weighted by atomic mass is 10.1. The van der Waals surface area contributed by atoms with E-state index in [9.17, 15) is 9.59 Å². The van der Waals surface area contributed by atoms with E-state index >= 15 is 0 Å². The van der Waals surface area contributed by atoms with E-state index in [4.69, 9.17) is 14.0 Å². The SMILES string of the molecule is COC(=O)c1cc(C)sc1NC(=O)c1noc(C)c1COc1cc(C)cc(C)c1. The van der Waals surface area contributed by atoms with Crippen molar-refractivity contribution in [1.82, 2.24) is 5.16 Å². The van der Waals surface area contributed by atoms with E-state index in [1.165, 1.54) is 18.4 Å². The molecule has 29 heavy (non-hydrogen) atoms. The van der Waals surface area contributed by atoms with Gasteiger partial charge >= 0.3 is 5.97 Å². The third-order valence-corrected chi connectivity index (χ3v) is 5.23. The van der Waals surface area contributed by atoms with E-state index in [1.54, 1.807) is 13.0 Å². The number of esters is 1. The second-order valence-electron chi connectivity index (χ2n) is 6.72. The van der Waals surface area contributed by atoms with Gasteiger partial charge in [-0.3, -0.25) is 4.79 Å². The van der Waals surface area contributed by atoms with Gasteiger partial charge in [-0.25, -0.2) is 4.79 Å². The molecule has 3 rings (SSSR count). The Morgan fingerprint density at radius 2 is 1.79 bits per heavy atom. The molecule has 1 N–H and O–H groups in total. The summed E-state index contributed by atoms with van der Waals surface area (Å²) in [6, 6.07) is 7.57. The molecule has 152 valence electrons. The maximum Gasteiger partial charge on any atom is 0.340 e. The maximum atomic E-state index is 12.8. The first-order chi connectivity index (χ1) is 13.8. The number of nitrogens with zero attached hydrogens (tertiary/aromatic N) is 1. The Kier molecular flexibility index (Phi) is 6.03. The molecule has 0 unspecified atom stereocenters. The van der Waals surface area contributed by atoms with Crippen LogP contribution >= 0.6 is 11.3 Å². The standard InChI is InChI=1S/C21H22N2O5S/c1-11-6-12(2)8-15(7-11)27-10-17-14(4)28-23-18(17)19(24)22-20-16(21(25)26-5)9-13(3)29-20/h6-9H,10H2,1-5H3,(H,22,24). The van der Waals surface area contributed by atoms with Gasteiger partial charge in [-0.15, -0.1) is 11.3 Å². The van der Waals surface area contributed by atoms with Crippen molar-refractivity contribution in [2.24, 2.45) is 0 Å². The summed E-state index contributed by atoms with van der Waals surface area (Å²) in [5, 5.41) is 7.02. The van der Waals surface area contributed by atoms with Crippen molar-refractivity contribution in [3.05, 3.63) is 62.9 Å². The highest BCUT2D eigenvalue weighted by Gasteiger charge is 2.24. The number of rotatable bonds is 6. The number of carbonyl (C=O) groups is 2. The summed E-state index contributed by atoms with van der Waals surface area (Å²) >= 11 is 1.28. The number of benzene rings is 1. The molecule has 0 spiro atoms. The smallest absolute Gasteiger partial charge is 0.340 e. The van der Waals surface area contributed by atoms with Crippen molar-refractivity contribution in [1.29, 1.82) is 0 Å². The number of aromatic nitrogens is 1. The maximum absolute atomic E-state index is 12.8. The van der Waals surface area contributed by atoms with Gasteiger partial charge in [0.2, 0.25) is 0 Å². The number of hydrogen-bond donors (Lipinski definition) is 1. The number of hydrogen-bond acceptors (Lipinski definition) is 7. The number of aryl methyl sites for hydroxylation is 4. The van der Waals surface area contributed by atoms with Gasteiger partial charge in [0.1, 0.15) is 23.1 Å². The summed E-state index contributed by atoms with van der Waals surface area (Å²) in [5.41, 5.74) is 3.15. The summed E-state index contributed by atoms with van der Waals surface area (Å²) in [4.78, 5) is 25.6. The lowest BCUT2D eigenvalue weighted by Gasteiger charge is -2.09. The lowest BCUT2D eigenvalue weighted by molar-refractivity contribution is 0.0602. The minimum Gasteiger partial charge on any atom is -0.489 e. The van der Waals surface area contributed by atoms with Crippen LogP contribution in [0.3, 0.4) is 0 Å². The van der Waals surface area contributed by atoms with Crippen molar-refractivity contribution in [2.75, 3.05) is 12.4 Å². The fraction of sp³-hybridized carbons (Fsp3) is 0.286. The molecule has 1 amide bonds. The minimum atomic E-state index is -0.514. The second kappa shape index (κ2) is 8.48. The first-order valence-electron chi connectivity index (χ1n) is 8.94. The highest BCUT2D eigenvalue weighted by atomic mass is 32.1. The Morgan fingerprint density at radius 1 is 1.10 bits per heavy atom. The van der Waals surface area contributed by atoms with Gasteiger partial charge in [-0.2, -0.15) is 0 Å². The molecule has 2 aromatic heterocycles. The quantitative estimate of drug-likeness (QED) is 0.594. The van der Waals surface area contributed by atoms with E-state index in [0.29, 0.717) is 27.6 Å². The van der Waals surface area contributed by atoms with E-state index < -0.39 is 11.9 Å². The number of carbonyl (C=O) groups excluding carboxylic acids is 2. The Hall–Kier alpha value is -3.13. The zero-order valence-corrected chi connectivity index (χ0v) is 17.7. The highest BCUT2D eigenvalue weighted by Crippen LogP contribution is 2.29. The normalized spacial score (nSPS) is 10.7. The molecule has 0 bridgehead atoms. The molecular weight excluding hydrogens is 392 g/mol. The highest BCUT2D eigenvalue weighted by molar-refractivity contribution is 7.16. The summed E-state index contributed by atoms with van der Waals surface area (Å²) in [6.07, 6.45) is 0. The average molecular weight is 414 g/mol. The van der Waals surface area contributed by atoms with Crippen LogP contribution in [-0.2, 0) is 11.3 Å². The molecule has 0 atom stereocenters. The fourth-order valence-corrected chi connectivity index (χ4v) is 3.84. The number of thiophene rings is 1. The van der Waals surface area contributed by atoms with Gasteiger partial charge in [0.25, 0.3) is 5.91 Å². The molecule has 0 radical (unpaired) electrons. The molecule has 1 aromatic carbocycles. The molecule has 0 saturated carbocycles. The topological polar surface area (TPSA) is 90.7 Å². The molecule has 3 aromatic rings. The molecular formula is C21H22N2O5S. The Labute approximate surface area is 172 Å². The minimum absolute atomic E-state index is 0.119. The molecule has 0 aliphatic rings. The van der Waals surface area contributed by atoms with E-state index in [1.807, 2.05) is 32.9 Å². The van der Waals surface area contributed by atoms with Crippen LogP contribution < -0.4 is 10.1 Å². The molecule has 0 saturated heterocycles. The summed E-state index contributed by atoms with van der Waals surface area (Å²) < 4.78 is 15.9. The Balaban J connectivity index is 1.80. The van der Waals surface area contributed by atoms with Crippen LogP contribution in [0, 0.1) is 27.7 Å². The van der Waals surface area contributed by atoms with Gasteiger partial charge in [-0.05, 0) is 57.0 Å². The van der Waals surface area contributed by atoms with Crippen LogP contribution in [0.1, 0.15) is 48.2 Å². The number of anilines is 1. The number of methoxy groups -OCH3 is 1. The molecule has 0 aliphatic carbocycles. The van der Waals surface area contributed by atoms with E-state index in [0.717, 1.165) is 16.0 Å². The van der Waals surface area contributed by atoms with Crippen molar-refractivity contribution in [2.45, 2.75) is 34.3 Å². The molecule has 8 heteroatoms. The van der Waals surface area contributed by atoms with Gasteiger partial charge in [0.15, 0.2) is 5.69 Å². The predicted octanol–water partition coefficient (Wildman–Crippen LogP) is 4.59. The van der Waals surface area contributed by atoms with E-state index in [2.05, 4.69) is 16.5 Å². The Bertz CT molecular complexity index is 1050. The van der Waals surface area contributed by atoms with Crippen molar-refractivity contribution in [3.8, 4) is 5.75 Å². The van der Waals surface area contributed by atoms with Crippen LogP contribution in [-0.4, -0.2) is 24.1 Å². The molecule has 2 heterocycles. The third-order valence-electron chi connectivity index (χ3n) is 4.27. The monoisotopic (exact) mass is 414 g/mol. The third kappa shape index (κ3) is 4.65. The van der Waals surface area contributed by atoms with Gasteiger partial charge in [-0.1, -0.05) is 11.2 Å². The number of nitrogens with one attached hydrogen (secondary N) is 1. The summed E-state index contributed by atoms with van der Waals surface area (Å²) in [7, 11) is 1.30. The van der Waals surface area contributed by atoms with Gasteiger partial charge < -0.3 is 19.3 Å². The zero-order chi connectivity index (χ0) is 21.1.